The predicted octanol–water partition coefficient (Wildman–Crippen LogP) is 3.77. The molecule has 0 saturated heterocycles. The van der Waals surface area contributed by atoms with Crippen molar-refractivity contribution in [2.75, 3.05) is 13.1 Å². The Labute approximate surface area is 175 Å². The standard InChI is InChI=1S/C23H38N2O4/c1-16(2)15-18-7-9-19(10-8-18)17(3)21(27)24-13-11-20(26)12-14-25-22(28)29-23(4,5)6/h7-10,16-17,20,26H,11-15H2,1-6H3,(H,24,27)(H,25,28). The maximum absolute atomic E-state index is 12.4. The number of amides is 2. The Morgan fingerprint density at radius 2 is 1.55 bits per heavy atom. The first kappa shape index (κ1) is 25.0. The minimum atomic E-state index is -0.601. The summed E-state index contributed by atoms with van der Waals surface area (Å²) in [6.45, 7) is 12.4. The van der Waals surface area contributed by atoms with Gasteiger partial charge in [0.05, 0.1) is 12.0 Å². The van der Waals surface area contributed by atoms with Crippen molar-refractivity contribution >= 4 is 12.0 Å². The van der Waals surface area contributed by atoms with Gasteiger partial charge in [0.2, 0.25) is 5.91 Å². The van der Waals surface area contributed by atoms with Crippen LogP contribution in [-0.4, -0.2) is 41.9 Å². The lowest BCUT2D eigenvalue weighted by atomic mass is 9.96. The first-order valence-electron chi connectivity index (χ1n) is 10.5. The van der Waals surface area contributed by atoms with E-state index in [1.54, 1.807) is 20.8 Å². The van der Waals surface area contributed by atoms with Crippen LogP contribution < -0.4 is 10.6 Å². The maximum Gasteiger partial charge on any atom is 0.407 e. The molecule has 0 aliphatic rings. The Balaban J connectivity index is 2.29. The van der Waals surface area contributed by atoms with Gasteiger partial charge in [-0.2, -0.15) is 0 Å². The molecule has 0 aliphatic heterocycles. The van der Waals surface area contributed by atoms with E-state index in [4.69, 9.17) is 4.74 Å². The molecule has 0 radical (unpaired) electrons. The average Bonchev–Trinajstić information content (AvgIpc) is 2.59. The molecule has 2 amide bonds. The second-order valence-electron chi connectivity index (χ2n) is 9.01. The van der Waals surface area contributed by atoms with Crippen LogP contribution in [0.5, 0.6) is 0 Å². The Hall–Kier alpha value is -2.08. The number of hydrogen-bond acceptors (Lipinski definition) is 4. The number of aliphatic hydroxyl groups excluding tert-OH is 1. The molecule has 1 rings (SSSR count). The fourth-order valence-electron chi connectivity index (χ4n) is 2.88. The van der Waals surface area contributed by atoms with E-state index in [-0.39, 0.29) is 11.8 Å². The van der Waals surface area contributed by atoms with Crippen LogP contribution in [0.2, 0.25) is 0 Å². The second-order valence-corrected chi connectivity index (χ2v) is 9.01. The van der Waals surface area contributed by atoms with Crippen LogP contribution in [0.4, 0.5) is 4.79 Å². The number of aliphatic hydroxyl groups is 1. The predicted molar refractivity (Wildman–Crippen MR) is 116 cm³/mol. The molecule has 1 aromatic rings. The number of hydrogen-bond donors (Lipinski definition) is 3. The molecule has 6 heteroatoms. The average molecular weight is 407 g/mol. The van der Waals surface area contributed by atoms with Crippen LogP contribution in [0, 0.1) is 5.92 Å². The molecular weight excluding hydrogens is 368 g/mol. The van der Waals surface area contributed by atoms with E-state index in [9.17, 15) is 14.7 Å². The van der Waals surface area contributed by atoms with Gasteiger partial charge in [-0.25, -0.2) is 4.79 Å². The molecule has 3 N–H and O–H groups in total. The van der Waals surface area contributed by atoms with Crippen LogP contribution in [0.1, 0.15) is 71.4 Å². The smallest absolute Gasteiger partial charge is 0.407 e. The van der Waals surface area contributed by atoms with Crippen LogP contribution in [0.15, 0.2) is 24.3 Å². The number of ether oxygens (including phenoxy) is 1. The van der Waals surface area contributed by atoms with Crippen LogP contribution in [-0.2, 0) is 16.0 Å². The fraction of sp³-hybridized carbons (Fsp3) is 0.652. The highest BCUT2D eigenvalue weighted by Crippen LogP contribution is 2.17. The van der Waals surface area contributed by atoms with Crippen molar-refractivity contribution in [3.8, 4) is 0 Å². The van der Waals surface area contributed by atoms with Crippen molar-refractivity contribution in [2.45, 2.75) is 78.4 Å². The SMILES string of the molecule is CC(C)Cc1ccc(C(C)C(=O)NCCC(O)CCNC(=O)OC(C)(C)C)cc1. The normalized spacial score (nSPS) is 13.7. The molecule has 1 aromatic carbocycles. The summed E-state index contributed by atoms with van der Waals surface area (Å²) in [5.41, 5.74) is 1.72. The fourth-order valence-corrected chi connectivity index (χ4v) is 2.88. The van der Waals surface area contributed by atoms with Crippen LogP contribution in [0.25, 0.3) is 0 Å². The summed E-state index contributed by atoms with van der Waals surface area (Å²) in [5.74, 6) is 0.308. The van der Waals surface area contributed by atoms with Gasteiger partial charge in [-0.3, -0.25) is 4.79 Å². The minimum absolute atomic E-state index is 0.0549. The zero-order valence-corrected chi connectivity index (χ0v) is 18.7. The molecule has 0 heterocycles. The van der Waals surface area contributed by atoms with Gasteiger partial charge >= 0.3 is 6.09 Å². The Morgan fingerprint density at radius 3 is 2.07 bits per heavy atom. The minimum Gasteiger partial charge on any atom is -0.444 e. The molecule has 0 aliphatic carbocycles. The van der Waals surface area contributed by atoms with Crippen molar-refractivity contribution in [1.82, 2.24) is 10.6 Å². The van der Waals surface area contributed by atoms with Crippen molar-refractivity contribution < 1.29 is 19.4 Å². The van der Waals surface area contributed by atoms with E-state index in [0.29, 0.717) is 31.8 Å². The van der Waals surface area contributed by atoms with Gasteiger partial charge in [0, 0.05) is 13.1 Å². The highest BCUT2D eigenvalue weighted by atomic mass is 16.6. The Bertz CT molecular complexity index is 635. The summed E-state index contributed by atoms with van der Waals surface area (Å²) in [5, 5.41) is 15.5. The van der Waals surface area contributed by atoms with Gasteiger partial charge in [-0.15, -0.1) is 0 Å². The monoisotopic (exact) mass is 406 g/mol. The number of carbonyl (C=O) groups excluding carboxylic acids is 2. The van der Waals surface area contributed by atoms with E-state index in [0.717, 1.165) is 12.0 Å². The van der Waals surface area contributed by atoms with Gasteiger partial charge in [0.1, 0.15) is 5.60 Å². The molecule has 2 atom stereocenters. The number of rotatable bonds is 10. The Morgan fingerprint density at radius 1 is 1.00 bits per heavy atom. The molecule has 0 aromatic heterocycles. The van der Waals surface area contributed by atoms with E-state index >= 15 is 0 Å². The molecule has 29 heavy (non-hydrogen) atoms. The van der Waals surface area contributed by atoms with Gasteiger partial charge < -0.3 is 20.5 Å². The van der Waals surface area contributed by atoms with Crippen molar-refractivity contribution in [1.29, 1.82) is 0 Å². The van der Waals surface area contributed by atoms with Gasteiger partial charge in [-0.1, -0.05) is 38.1 Å². The topological polar surface area (TPSA) is 87.7 Å². The summed E-state index contributed by atoms with van der Waals surface area (Å²) >= 11 is 0. The van der Waals surface area contributed by atoms with Gasteiger partial charge in [-0.05, 0) is 64.0 Å². The summed E-state index contributed by atoms with van der Waals surface area (Å²) in [6.07, 6.45) is 0.771. The zero-order chi connectivity index (χ0) is 22.0. The molecular formula is C23H38N2O4. The van der Waals surface area contributed by atoms with Crippen molar-refractivity contribution in [3.05, 3.63) is 35.4 Å². The van der Waals surface area contributed by atoms with E-state index in [1.165, 1.54) is 5.56 Å². The first-order valence-corrected chi connectivity index (χ1v) is 10.5. The number of benzene rings is 1. The molecule has 0 bridgehead atoms. The summed E-state index contributed by atoms with van der Waals surface area (Å²) < 4.78 is 5.14. The number of nitrogens with one attached hydrogen (secondary N) is 2. The maximum atomic E-state index is 12.4. The lowest BCUT2D eigenvalue weighted by molar-refractivity contribution is -0.122. The summed E-state index contributed by atoms with van der Waals surface area (Å²) in [4.78, 5) is 23.9. The summed E-state index contributed by atoms with van der Waals surface area (Å²) in [7, 11) is 0. The molecule has 164 valence electrons. The van der Waals surface area contributed by atoms with E-state index < -0.39 is 17.8 Å². The second kappa shape index (κ2) is 11.8. The highest BCUT2D eigenvalue weighted by molar-refractivity contribution is 5.83. The summed E-state index contributed by atoms with van der Waals surface area (Å²) in [6, 6.07) is 8.19. The number of carbonyl (C=O) groups is 2. The van der Waals surface area contributed by atoms with Gasteiger partial charge in [0.15, 0.2) is 0 Å². The molecule has 0 fully saturated rings. The quantitative estimate of drug-likeness (QED) is 0.552. The van der Waals surface area contributed by atoms with Gasteiger partial charge in [0.25, 0.3) is 0 Å². The van der Waals surface area contributed by atoms with Crippen molar-refractivity contribution in [3.63, 3.8) is 0 Å². The highest BCUT2D eigenvalue weighted by Gasteiger charge is 2.17. The number of alkyl carbamates (subject to hydrolysis) is 1. The van der Waals surface area contributed by atoms with E-state index in [2.05, 4.69) is 36.6 Å². The third-order valence-electron chi connectivity index (χ3n) is 4.44. The molecule has 0 saturated carbocycles. The molecule has 0 spiro atoms. The zero-order valence-electron chi connectivity index (χ0n) is 18.7. The lowest BCUT2D eigenvalue weighted by Crippen LogP contribution is -2.35. The van der Waals surface area contributed by atoms with E-state index in [1.807, 2.05) is 19.1 Å². The lowest BCUT2D eigenvalue weighted by Gasteiger charge is -2.20. The Kier molecular flexibility index (Phi) is 10.2. The van der Waals surface area contributed by atoms with Crippen LogP contribution in [0.3, 0.4) is 0 Å². The molecule has 2 unspecified atom stereocenters. The largest absolute Gasteiger partial charge is 0.444 e. The molecule has 6 nitrogen and oxygen atoms in total. The first-order chi connectivity index (χ1) is 13.5. The van der Waals surface area contributed by atoms with Crippen LogP contribution >= 0.6 is 0 Å². The third-order valence-corrected chi connectivity index (χ3v) is 4.44. The third kappa shape index (κ3) is 10.9. The van der Waals surface area contributed by atoms with Crippen molar-refractivity contribution in [2.24, 2.45) is 5.92 Å².